The number of rotatable bonds is 7. The van der Waals surface area contributed by atoms with Gasteiger partial charge in [0.1, 0.15) is 6.04 Å². The molecule has 3 N–H and O–H groups in total. The molecule has 0 radical (unpaired) electrons. The topological polar surface area (TPSA) is 73.5 Å². The first-order valence-corrected chi connectivity index (χ1v) is 10.7. The van der Waals surface area contributed by atoms with E-state index >= 15 is 0 Å². The van der Waals surface area contributed by atoms with Crippen molar-refractivity contribution in [2.24, 2.45) is 5.92 Å². The molecule has 3 amide bonds. The highest BCUT2D eigenvalue weighted by Crippen LogP contribution is 2.15. The average molecular weight is 409 g/mol. The summed E-state index contributed by atoms with van der Waals surface area (Å²) in [5.74, 6) is -0.126. The maximum atomic E-state index is 12.8. The molecule has 1 heterocycles. The summed E-state index contributed by atoms with van der Waals surface area (Å²) in [6.45, 7) is 6.73. The molecule has 2 aromatic carbocycles. The third-order valence-corrected chi connectivity index (χ3v) is 5.45. The highest BCUT2D eigenvalue weighted by Gasteiger charge is 2.28. The monoisotopic (exact) mass is 408 g/mol. The summed E-state index contributed by atoms with van der Waals surface area (Å²) in [7, 11) is 0. The average Bonchev–Trinajstić information content (AvgIpc) is 2.74. The first kappa shape index (κ1) is 21.8. The number of nitrogens with zero attached hydrogens (tertiary/aromatic N) is 1. The van der Waals surface area contributed by atoms with Gasteiger partial charge in [-0.05, 0) is 36.5 Å². The molecule has 1 saturated heterocycles. The molecule has 1 atom stereocenters. The van der Waals surface area contributed by atoms with Crippen LogP contribution in [0.4, 0.5) is 10.5 Å². The fourth-order valence-electron chi connectivity index (χ4n) is 3.73. The van der Waals surface area contributed by atoms with E-state index in [1.165, 1.54) is 5.56 Å². The summed E-state index contributed by atoms with van der Waals surface area (Å²) in [5, 5.41) is 8.75. The lowest BCUT2D eigenvalue weighted by molar-refractivity contribution is -0.124. The van der Waals surface area contributed by atoms with Crippen LogP contribution in [-0.4, -0.2) is 42.0 Å². The minimum atomic E-state index is -0.573. The van der Waals surface area contributed by atoms with Gasteiger partial charge >= 0.3 is 6.03 Å². The first-order valence-electron chi connectivity index (χ1n) is 10.7. The molecule has 1 fully saturated rings. The number of carbonyl (C=O) groups excluding carboxylic acids is 2. The Morgan fingerprint density at radius 2 is 1.57 bits per heavy atom. The van der Waals surface area contributed by atoms with Crippen molar-refractivity contribution >= 4 is 17.6 Å². The number of hydrogen-bond acceptors (Lipinski definition) is 3. The van der Waals surface area contributed by atoms with Gasteiger partial charge in [0, 0.05) is 31.4 Å². The summed E-state index contributed by atoms with van der Waals surface area (Å²) in [5.41, 5.74) is 2.01. The lowest BCUT2D eigenvalue weighted by Crippen LogP contribution is -2.54. The molecule has 0 spiro atoms. The Morgan fingerprint density at radius 3 is 2.17 bits per heavy atom. The number of urea groups is 1. The number of piperidine rings is 1. The Labute approximate surface area is 179 Å². The molecule has 160 valence electrons. The Balaban J connectivity index is 1.46. The predicted octanol–water partition coefficient (Wildman–Crippen LogP) is 3.61. The maximum absolute atomic E-state index is 12.8. The van der Waals surface area contributed by atoms with Gasteiger partial charge in [-0.15, -0.1) is 0 Å². The fraction of sp³-hybridized carbons (Fsp3) is 0.417. The predicted molar refractivity (Wildman–Crippen MR) is 120 cm³/mol. The van der Waals surface area contributed by atoms with Crippen LogP contribution in [0.15, 0.2) is 60.7 Å². The van der Waals surface area contributed by atoms with E-state index in [0.29, 0.717) is 5.69 Å². The second-order valence-corrected chi connectivity index (χ2v) is 8.23. The van der Waals surface area contributed by atoms with E-state index in [4.69, 9.17) is 0 Å². The molecule has 1 unspecified atom stereocenters. The number of carbonyl (C=O) groups is 2. The minimum absolute atomic E-state index is 0.00954. The number of amides is 3. The van der Waals surface area contributed by atoms with Crippen molar-refractivity contribution in [3.63, 3.8) is 0 Å². The third-order valence-electron chi connectivity index (χ3n) is 5.45. The number of benzene rings is 2. The number of para-hydroxylation sites is 1. The van der Waals surface area contributed by atoms with Crippen LogP contribution in [0.25, 0.3) is 0 Å². The van der Waals surface area contributed by atoms with Crippen molar-refractivity contribution in [2.45, 2.75) is 45.3 Å². The van der Waals surface area contributed by atoms with Crippen LogP contribution in [0.2, 0.25) is 0 Å². The lowest BCUT2D eigenvalue weighted by Gasteiger charge is -2.33. The molecule has 6 nitrogen and oxygen atoms in total. The number of likely N-dealkylation sites (tertiary alicyclic amines) is 1. The second-order valence-electron chi connectivity index (χ2n) is 8.23. The number of hydrogen-bond donors (Lipinski definition) is 3. The van der Waals surface area contributed by atoms with Crippen molar-refractivity contribution < 1.29 is 9.59 Å². The van der Waals surface area contributed by atoms with Gasteiger partial charge in [-0.2, -0.15) is 0 Å². The van der Waals surface area contributed by atoms with Crippen LogP contribution in [0.5, 0.6) is 0 Å². The second kappa shape index (κ2) is 10.8. The van der Waals surface area contributed by atoms with Gasteiger partial charge in [0.15, 0.2) is 0 Å². The van der Waals surface area contributed by atoms with Gasteiger partial charge in [-0.3, -0.25) is 9.69 Å². The summed E-state index contributed by atoms with van der Waals surface area (Å²) in [4.78, 5) is 27.6. The van der Waals surface area contributed by atoms with Crippen LogP contribution in [0.3, 0.4) is 0 Å². The molecule has 2 aromatic rings. The molecule has 6 heteroatoms. The molecule has 0 saturated carbocycles. The molecule has 0 aromatic heterocycles. The summed E-state index contributed by atoms with van der Waals surface area (Å²) in [6.07, 6.45) is 1.83. The SMILES string of the molecule is CC(C)C(NC(=O)Nc1ccccc1)C(=O)NC1CCN(Cc2ccccc2)CC1. The van der Waals surface area contributed by atoms with Crippen molar-refractivity contribution in [1.82, 2.24) is 15.5 Å². The van der Waals surface area contributed by atoms with Crippen LogP contribution in [0.1, 0.15) is 32.3 Å². The molecule has 0 bridgehead atoms. The zero-order valence-electron chi connectivity index (χ0n) is 17.8. The Kier molecular flexibility index (Phi) is 7.85. The maximum Gasteiger partial charge on any atom is 0.319 e. The van der Waals surface area contributed by atoms with Crippen molar-refractivity contribution in [3.05, 3.63) is 66.2 Å². The van der Waals surface area contributed by atoms with Gasteiger partial charge in [0.05, 0.1) is 0 Å². The van der Waals surface area contributed by atoms with E-state index in [2.05, 4.69) is 45.1 Å². The van der Waals surface area contributed by atoms with E-state index in [-0.39, 0.29) is 23.9 Å². The molecule has 1 aliphatic heterocycles. The van der Waals surface area contributed by atoms with Gasteiger partial charge in [0.2, 0.25) is 5.91 Å². The molecule has 30 heavy (non-hydrogen) atoms. The van der Waals surface area contributed by atoms with Gasteiger partial charge < -0.3 is 16.0 Å². The van der Waals surface area contributed by atoms with Crippen molar-refractivity contribution in [1.29, 1.82) is 0 Å². The van der Waals surface area contributed by atoms with E-state index in [9.17, 15) is 9.59 Å². The van der Waals surface area contributed by atoms with E-state index in [1.807, 2.05) is 50.2 Å². The summed E-state index contributed by atoms with van der Waals surface area (Å²) < 4.78 is 0. The van der Waals surface area contributed by atoms with Crippen LogP contribution >= 0.6 is 0 Å². The molecular weight excluding hydrogens is 376 g/mol. The number of anilines is 1. The smallest absolute Gasteiger partial charge is 0.319 e. The summed E-state index contributed by atoms with van der Waals surface area (Å²) >= 11 is 0. The van der Waals surface area contributed by atoms with E-state index in [1.54, 1.807) is 0 Å². The molecule has 0 aliphatic carbocycles. The Morgan fingerprint density at radius 1 is 0.967 bits per heavy atom. The third kappa shape index (κ3) is 6.59. The largest absolute Gasteiger partial charge is 0.351 e. The molecule has 1 aliphatic rings. The zero-order valence-corrected chi connectivity index (χ0v) is 17.8. The van der Waals surface area contributed by atoms with Gasteiger partial charge in [-0.25, -0.2) is 4.79 Å². The quantitative estimate of drug-likeness (QED) is 0.655. The highest BCUT2D eigenvalue weighted by atomic mass is 16.2. The Hall–Kier alpha value is -2.86. The van der Waals surface area contributed by atoms with Crippen molar-refractivity contribution in [3.8, 4) is 0 Å². The minimum Gasteiger partial charge on any atom is -0.351 e. The van der Waals surface area contributed by atoms with E-state index in [0.717, 1.165) is 32.5 Å². The fourth-order valence-corrected chi connectivity index (χ4v) is 3.73. The first-order chi connectivity index (χ1) is 14.5. The molecule has 3 rings (SSSR count). The lowest BCUT2D eigenvalue weighted by atomic mass is 10.0. The zero-order chi connectivity index (χ0) is 21.3. The van der Waals surface area contributed by atoms with Crippen LogP contribution in [0, 0.1) is 5.92 Å². The van der Waals surface area contributed by atoms with Gasteiger partial charge in [-0.1, -0.05) is 62.4 Å². The highest BCUT2D eigenvalue weighted by molar-refractivity contribution is 5.93. The van der Waals surface area contributed by atoms with E-state index < -0.39 is 6.04 Å². The summed E-state index contributed by atoms with van der Waals surface area (Å²) in [6, 6.07) is 18.9. The number of nitrogens with one attached hydrogen (secondary N) is 3. The van der Waals surface area contributed by atoms with Crippen molar-refractivity contribution in [2.75, 3.05) is 18.4 Å². The van der Waals surface area contributed by atoms with Gasteiger partial charge in [0.25, 0.3) is 0 Å². The van der Waals surface area contributed by atoms with Crippen LogP contribution in [-0.2, 0) is 11.3 Å². The Bertz CT molecular complexity index is 802. The normalized spacial score (nSPS) is 16.1. The standard InChI is InChI=1S/C24H32N4O2/c1-18(2)22(27-24(30)26-20-11-7-4-8-12-20)23(29)25-21-13-15-28(16-14-21)17-19-9-5-3-6-10-19/h3-12,18,21-22H,13-17H2,1-2H3,(H,25,29)(H2,26,27,30). The van der Waals surface area contributed by atoms with Crippen LogP contribution < -0.4 is 16.0 Å². The molecular formula is C24H32N4O2.